The summed E-state index contributed by atoms with van der Waals surface area (Å²) in [5.74, 6) is -1.42. The van der Waals surface area contributed by atoms with E-state index >= 15 is 0 Å². The van der Waals surface area contributed by atoms with E-state index in [1.165, 1.54) is 10.7 Å². The zero-order chi connectivity index (χ0) is 33.8. The molecule has 0 aliphatic carbocycles. The summed E-state index contributed by atoms with van der Waals surface area (Å²) >= 11 is 0. The molecule has 0 bridgehead atoms. The summed E-state index contributed by atoms with van der Waals surface area (Å²) in [5, 5.41) is 17.2. The van der Waals surface area contributed by atoms with Crippen LogP contribution < -0.4 is 21.3 Å². The first kappa shape index (κ1) is 32.2. The van der Waals surface area contributed by atoms with Crippen LogP contribution in [0.5, 0.6) is 0 Å². The lowest BCUT2D eigenvalue weighted by molar-refractivity contribution is 0.0383. The van der Waals surface area contributed by atoms with Crippen LogP contribution in [-0.4, -0.2) is 91.8 Å². The number of amides is 4. The number of pyridine rings is 1. The minimum atomic E-state index is -0.487. The van der Waals surface area contributed by atoms with Crippen LogP contribution in [0.25, 0.3) is 10.8 Å². The number of hydrogen-bond donors (Lipinski definition) is 4. The standard InChI is InChI=1S/C33H36N10O5/c1-40-19-23(15-26(40)31(45)34-8-9-43-10-12-48-13-11-43)36-32(46)27-16-24(20-41(27)2)37-33(47)28-17-29(39-42(28)3)38-30(44)25-14-21-6-4-5-7-22(21)18-35-25/h4-7,14-20H,8-13H2,1-3H3,(H,34,45)(H,36,46)(H,37,47)(H,38,39,44). The molecule has 6 rings (SSSR count). The fraction of sp³-hybridized carbons (Fsp3) is 0.273. The van der Waals surface area contributed by atoms with Gasteiger partial charge in [-0.15, -0.1) is 0 Å². The number of ether oxygens (including phenoxy) is 1. The third-order valence-electron chi connectivity index (χ3n) is 8.03. The van der Waals surface area contributed by atoms with E-state index in [9.17, 15) is 19.2 Å². The Morgan fingerprint density at radius 1 is 0.750 bits per heavy atom. The molecule has 1 saturated heterocycles. The molecule has 15 heteroatoms. The zero-order valence-corrected chi connectivity index (χ0v) is 26.8. The normalized spacial score (nSPS) is 13.3. The summed E-state index contributed by atoms with van der Waals surface area (Å²) in [5.41, 5.74) is 1.93. The number of nitrogens with zero attached hydrogens (tertiary/aromatic N) is 6. The molecule has 5 heterocycles. The van der Waals surface area contributed by atoms with Crippen molar-refractivity contribution in [3.8, 4) is 0 Å². The van der Waals surface area contributed by atoms with Crippen LogP contribution >= 0.6 is 0 Å². The predicted molar refractivity (Wildman–Crippen MR) is 179 cm³/mol. The number of hydrogen-bond acceptors (Lipinski definition) is 8. The van der Waals surface area contributed by atoms with Gasteiger partial charge < -0.3 is 35.1 Å². The van der Waals surface area contributed by atoms with Gasteiger partial charge in [-0.25, -0.2) is 0 Å². The molecule has 48 heavy (non-hydrogen) atoms. The first-order chi connectivity index (χ1) is 23.1. The molecular formula is C33H36N10O5. The monoisotopic (exact) mass is 652 g/mol. The number of carbonyl (C=O) groups is 4. The Balaban J connectivity index is 1.05. The molecule has 4 N–H and O–H groups in total. The minimum Gasteiger partial charge on any atom is -0.379 e. The maximum Gasteiger partial charge on any atom is 0.275 e. The van der Waals surface area contributed by atoms with Crippen LogP contribution in [0.4, 0.5) is 17.2 Å². The summed E-state index contributed by atoms with van der Waals surface area (Å²) in [6.07, 6.45) is 4.89. The van der Waals surface area contributed by atoms with E-state index < -0.39 is 17.7 Å². The van der Waals surface area contributed by atoms with Gasteiger partial charge in [0, 0.05) is 77.4 Å². The van der Waals surface area contributed by atoms with Crippen molar-refractivity contribution in [1.29, 1.82) is 0 Å². The van der Waals surface area contributed by atoms with Gasteiger partial charge in [-0.3, -0.25) is 33.7 Å². The Labute approximate surface area is 275 Å². The maximum absolute atomic E-state index is 13.2. The van der Waals surface area contributed by atoms with Gasteiger partial charge in [-0.2, -0.15) is 5.10 Å². The van der Waals surface area contributed by atoms with Gasteiger partial charge in [0.25, 0.3) is 23.6 Å². The van der Waals surface area contributed by atoms with Gasteiger partial charge in [-0.1, -0.05) is 24.3 Å². The third-order valence-corrected chi connectivity index (χ3v) is 8.03. The molecule has 248 valence electrons. The lowest BCUT2D eigenvalue weighted by atomic mass is 10.1. The zero-order valence-electron chi connectivity index (χ0n) is 26.8. The van der Waals surface area contributed by atoms with Gasteiger partial charge in [0.15, 0.2) is 5.82 Å². The molecular weight excluding hydrogens is 616 g/mol. The highest BCUT2D eigenvalue weighted by atomic mass is 16.5. The summed E-state index contributed by atoms with van der Waals surface area (Å²) in [6.45, 7) is 4.31. The Morgan fingerprint density at radius 2 is 1.38 bits per heavy atom. The third kappa shape index (κ3) is 7.27. The number of aromatic nitrogens is 5. The Hall–Kier alpha value is -5.80. The lowest BCUT2D eigenvalue weighted by Crippen LogP contribution is -2.41. The van der Waals surface area contributed by atoms with E-state index in [2.05, 4.69) is 36.2 Å². The highest BCUT2D eigenvalue weighted by Gasteiger charge is 2.20. The Morgan fingerprint density at radius 3 is 2.06 bits per heavy atom. The van der Waals surface area contributed by atoms with Gasteiger partial charge in [0.2, 0.25) is 0 Å². The SMILES string of the molecule is Cn1cc(NC(=O)c2cc(NC(=O)c3cc(NC(=O)c4cc5ccccc5cn4)nn3C)cn2C)cc1C(=O)NCCN1CCOCC1. The first-order valence-electron chi connectivity index (χ1n) is 15.4. The van der Waals surface area contributed by atoms with Crippen molar-refractivity contribution in [3.05, 3.63) is 89.9 Å². The molecule has 4 aromatic heterocycles. The van der Waals surface area contributed by atoms with E-state index in [1.54, 1.807) is 67.1 Å². The van der Waals surface area contributed by atoms with Crippen molar-refractivity contribution in [2.24, 2.45) is 21.1 Å². The molecule has 1 fully saturated rings. The van der Waals surface area contributed by atoms with Crippen molar-refractivity contribution in [3.63, 3.8) is 0 Å². The highest BCUT2D eigenvalue weighted by molar-refractivity contribution is 6.08. The summed E-state index contributed by atoms with van der Waals surface area (Å²) in [7, 11) is 5.00. The van der Waals surface area contributed by atoms with E-state index in [0.717, 1.165) is 30.4 Å². The number of anilines is 3. The molecule has 1 aliphatic rings. The van der Waals surface area contributed by atoms with Crippen molar-refractivity contribution >= 4 is 51.6 Å². The molecule has 1 aliphatic heterocycles. The summed E-state index contributed by atoms with van der Waals surface area (Å²) in [4.78, 5) is 58.4. The second kappa shape index (κ2) is 13.9. The number of benzene rings is 1. The number of morpholine rings is 1. The van der Waals surface area contributed by atoms with Crippen molar-refractivity contribution < 1.29 is 23.9 Å². The molecule has 0 unspecified atom stereocenters. The minimum absolute atomic E-state index is 0.184. The van der Waals surface area contributed by atoms with Crippen LogP contribution in [0, 0.1) is 0 Å². The summed E-state index contributed by atoms with van der Waals surface area (Å²) in [6, 6.07) is 13.9. The number of carbonyl (C=O) groups excluding carboxylic acids is 4. The maximum atomic E-state index is 13.2. The van der Waals surface area contributed by atoms with E-state index in [4.69, 9.17) is 4.74 Å². The molecule has 1 aromatic carbocycles. The second-order valence-electron chi connectivity index (χ2n) is 11.5. The van der Waals surface area contributed by atoms with E-state index in [0.29, 0.717) is 36.8 Å². The van der Waals surface area contributed by atoms with Gasteiger partial charge in [0.1, 0.15) is 22.8 Å². The lowest BCUT2D eigenvalue weighted by Gasteiger charge is -2.26. The molecule has 0 atom stereocenters. The molecule has 15 nitrogen and oxygen atoms in total. The number of rotatable bonds is 10. The quantitative estimate of drug-likeness (QED) is 0.178. The Bertz CT molecular complexity index is 2000. The summed E-state index contributed by atoms with van der Waals surface area (Å²) < 4.78 is 9.94. The molecule has 5 aromatic rings. The van der Waals surface area contributed by atoms with Crippen LogP contribution in [0.1, 0.15) is 42.0 Å². The van der Waals surface area contributed by atoms with Gasteiger partial charge in [-0.05, 0) is 23.6 Å². The topological polar surface area (TPSA) is 169 Å². The smallest absolute Gasteiger partial charge is 0.275 e. The average Bonchev–Trinajstić information content (AvgIpc) is 3.76. The number of nitrogens with one attached hydrogen (secondary N) is 4. The van der Waals surface area contributed by atoms with Crippen LogP contribution in [0.3, 0.4) is 0 Å². The molecule has 4 amide bonds. The average molecular weight is 653 g/mol. The van der Waals surface area contributed by atoms with Crippen LogP contribution in [0.15, 0.2) is 67.1 Å². The van der Waals surface area contributed by atoms with Crippen LogP contribution in [0.2, 0.25) is 0 Å². The molecule has 0 spiro atoms. The predicted octanol–water partition coefficient (Wildman–Crippen LogP) is 2.46. The van der Waals surface area contributed by atoms with E-state index in [-0.39, 0.29) is 28.8 Å². The van der Waals surface area contributed by atoms with Gasteiger partial charge in [0.05, 0.1) is 24.6 Å². The Kier molecular flexibility index (Phi) is 9.31. The molecule has 0 saturated carbocycles. The number of fused-ring (bicyclic) bond motifs is 1. The van der Waals surface area contributed by atoms with Crippen LogP contribution in [-0.2, 0) is 25.9 Å². The number of aryl methyl sites for hydroxylation is 3. The van der Waals surface area contributed by atoms with Gasteiger partial charge >= 0.3 is 0 Å². The fourth-order valence-corrected chi connectivity index (χ4v) is 5.48. The molecule has 0 radical (unpaired) electrons. The highest BCUT2D eigenvalue weighted by Crippen LogP contribution is 2.20. The van der Waals surface area contributed by atoms with E-state index in [1.807, 2.05) is 24.3 Å². The van der Waals surface area contributed by atoms with Crippen molar-refractivity contribution in [2.45, 2.75) is 0 Å². The van der Waals surface area contributed by atoms with Crippen molar-refractivity contribution in [2.75, 3.05) is 55.3 Å². The first-order valence-corrected chi connectivity index (χ1v) is 15.4. The van der Waals surface area contributed by atoms with Crippen molar-refractivity contribution in [1.82, 2.24) is 34.1 Å². The largest absolute Gasteiger partial charge is 0.379 e. The fourth-order valence-electron chi connectivity index (χ4n) is 5.48. The second-order valence-corrected chi connectivity index (χ2v) is 11.5.